The molecule has 8 heteroatoms. The van der Waals surface area contributed by atoms with Crippen LogP contribution in [0.2, 0.25) is 0 Å². The van der Waals surface area contributed by atoms with Gasteiger partial charge in [0.05, 0.1) is 11.9 Å². The van der Waals surface area contributed by atoms with Crippen LogP contribution in [-0.4, -0.2) is 18.6 Å². The predicted octanol–water partition coefficient (Wildman–Crippen LogP) is 1.49. The Balaban J connectivity index is 2.41. The fourth-order valence-electron chi connectivity index (χ4n) is 1.20. The number of sulfonamides is 1. The number of hydrogen-bond donors (Lipinski definition) is 2. The van der Waals surface area contributed by atoms with Gasteiger partial charge in [-0.3, -0.25) is 9.82 Å². The molecular formula is C9H7F2N3O2S. The van der Waals surface area contributed by atoms with E-state index in [9.17, 15) is 17.2 Å². The van der Waals surface area contributed by atoms with Gasteiger partial charge in [-0.05, 0) is 18.2 Å². The van der Waals surface area contributed by atoms with E-state index in [4.69, 9.17) is 0 Å². The van der Waals surface area contributed by atoms with Crippen LogP contribution < -0.4 is 4.72 Å². The molecule has 0 aliphatic heterocycles. The third-order valence-electron chi connectivity index (χ3n) is 1.93. The molecule has 1 heterocycles. The Bertz CT molecular complexity index is 626. The van der Waals surface area contributed by atoms with Gasteiger partial charge in [-0.15, -0.1) is 0 Å². The largest absolute Gasteiger partial charge is 0.284 e. The number of hydrogen-bond acceptors (Lipinski definition) is 3. The second-order valence-electron chi connectivity index (χ2n) is 3.17. The molecule has 0 fully saturated rings. The number of benzene rings is 1. The Labute approximate surface area is 95.5 Å². The van der Waals surface area contributed by atoms with Crippen LogP contribution in [-0.2, 0) is 10.0 Å². The number of H-pyrrole nitrogens is 1. The quantitative estimate of drug-likeness (QED) is 0.876. The van der Waals surface area contributed by atoms with Crippen LogP contribution in [0.25, 0.3) is 0 Å². The zero-order valence-electron chi connectivity index (χ0n) is 8.31. The average molecular weight is 259 g/mol. The van der Waals surface area contributed by atoms with E-state index in [2.05, 4.69) is 14.9 Å². The van der Waals surface area contributed by atoms with Crippen molar-refractivity contribution in [1.29, 1.82) is 0 Å². The summed E-state index contributed by atoms with van der Waals surface area (Å²) in [6, 6.07) is 2.20. The molecule has 17 heavy (non-hydrogen) atoms. The van der Waals surface area contributed by atoms with Crippen LogP contribution in [0.3, 0.4) is 0 Å². The summed E-state index contributed by atoms with van der Waals surface area (Å²) in [4.78, 5) is -0.751. The lowest BCUT2D eigenvalue weighted by atomic mass is 10.3. The molecule has 2 aromatic rings. The first kappa shape index (κ1) is 11.5. The number of anilines is 1. The number of rotatable bonds is 3. The first-order valence-electron chi connectivity index (χ1n) is 4.46. The summed E-state index contributed by atoms with van der Waals surface area (Å²) in [6.07, 6.45) is 2.48. The van der Waals surface area contributed by atoms with Crippen molar-refractivity contribution < 1.29 is 17.2 Å². The molecule has 0 saturated carbocycles. The average Bonchev–Trinajstić information content (AvgIpc) is 2.73. The fraction of sp³-hybridized carbons (Fsp3) is 0. The minimum atomic E-state index is -4.16. The molecule has 0 unspecified atom stereocenters. The van der Waals surface area contributed by atoms with E-state index in [1.807, 2.05) is 0 Å². The zero-order chi connectivity index (χ0) is 12.5. The monoisotopic (exact) mass is 259 g/mol. The third kappa shape index (κ3) is 2.41. The molecule has 2 rings (SSSR count). The second-order valence-corrected chi connectivity index (χ2v) is 4.82. The smallest absolute Gasteiger partial charge is 0.265 e. The predicted molar refractivity (Wildman–Crippen MR) is 55.8 cm³/mol. The summed E-state index contributed by atoms with van der Waals surface area (Å²) in [7, 11) is -4.16. The van der Waals surface area contributed by atoms with Crippen LogP contribution in [0.4, 0.5) is 14.5 Å². The normalized spacial score (nSPS) is 11.4. The highest BCUT2D eigenvalue weighted by atomic mass is 32.2. The Kier molecular flexibility index (Phi) is 2.80. The highest BCUT2D eigenvalue weighted by Crippen LogP contribution is 2.18. The number of halogens is 2. The van der Waals surface area contributed by atoms with Gasteiger partial charge in [-0.2, -0.15) is 5.10 Å². The Morgan fingerprint density at radius 2 is 2.06 bits per heavy atom. The zero-order valence-corrected chi connectivity index (χ0v) is 9.13. The van der Waals surface area contributed by atoms with Crippen molar-refractivity contribution in [2.24, 2.45) is 0 Å². The van der Waals surface area contributed by atoms with Crippen molar-refractivity contribution in [2.75, 3.05) is 4.72 Å². The van der Waals surface area contributed by atoms with Crippen LogP contribution in [0, 0.1) is 11.6 Å². The summed E-state index contributed by atoms with van der Waals surface area (Å²) >= 11 is 0. The van der Waals surface area contributed by atoms with E-state index in [0.29, 0.717) is 6.07 Å². The molecule has 0 amide bonds. The Morgan fingerprint density at radius 3 is 2.71 bits per heavy atom. The lowest BCUT2D eigenvalue weighted by Gasteiger charge is -2.06. The van der Waals surface area contributed by atoms with E-state index in [1.54, 1.807) is 0 Å². The molecule has 2 N–H and O–H groups in total. The van der Waals surface area contributed by atoms with E-state index in [0.717, 1.165) is 12.1 Å². The maximum atomic E-state index is 13.3. The standard InChI is InChI=1S/C9H7F2N3O2S/c10-6-1-2-8(11)9(3-6)17(15,16)14-7-4-12-13-5-7/h1-5,14H,(H,12,13). The molecule has 0 aliphatic carbocycles. The van der Waals surface area contributed by atoms with Crippen LogP contribution in [0.1, 0.15) is 0 Å². The molecule has 0 atom stereocenters. The lowest BCUT2D eigenvalue weighted by Crippen LogP contribution is -2.14. The Morgan fingerprint density at radius 1 is 1.29 bits per heavy atom. The van der Waals surface area contributed by atoms with Gasteiger partial charge in [0.2, 0.25) is 0 Å². The molecule has 90 valence electrons. The van der Waals surface area contributed by atoms with Gasteiger partial charge in [0.25, 0.3) is 10.0 Å². The summed E-state index contributed by atoms with van der Waals surface area (Å²) in [5, 5.41) is 5.91. The molecular weight excluding hydrogens is 252 g/mol. The first-order chi connectivity index (χ1) is 7.99. The molecule has 5 nitrogen and oxygen atoms in total. The van der Waals surface area contributed by atoms with E-state index < -0.39 is 26.6 Å². The molecule has 0 spiro atoms. The topological polar surface area (TPSA) is 74.8 Å². The van der Waals surface area contributed by atoms with Crippen molar-refractivity contribution in [3.63, 3.8) is 0 Å². The van der Waals surface area contributed by atoms with Gasteiger partial charge in [-0.25, -0.2) is 17.2 Å². The number of nitrogens with one attached hydrogen (secondary N) is 2. The van der Waals surface area contributed by atoms with Crippen molar-refractivity contribution in [3.8, 4) is 0 Å². The summed E-state index contributed by atoms with van der Waals surface area (Å²) in [5.74, 6) is -1.86. The molecule has 0 radical (unpaired) electrons. The van der Waals surface area contributed by atoms with E-state index >= 15 is 0 Å². The van der Waals surface area contributed by atoms with Crippen molar-refractivity contribution in [3.05, 3.63) is 42.2 Å². The second kappa shape index (κ2) is 4.13. The van der Waals surface area contributed by atoms with Crippen molar-refractivity contribution in [2.45, 2.75) is 4.90 Å². The minimum absolute atomic E-state index is 0.133. The molecule has 0 saturated heterocycles. The number of aromatic amines is 1. The van der Waals surface area contributed by atoms with Crippen LogP contribution in [0.15, 0.2) is 35.5 Å². The van der Waals surface area contributed by atoms with Gasteiger partial charge in [0.1, 0.15) is 16.5 Å². The van der Waals surface area contributed by atoms with Gasteiger partial charge in [0, 0.05) is 6.20 Å². The van der Waals surface area contributed by atoms with Gasteiger partial charge in [0.15, 0.2) is 0 Å². The highest BCUT2D eigenvalue weighted by molar-refractivity contribution is 7.92. The van der Waals surface area contributed by atoms with E-state index in [1.165, 1.54) is 12.4 Å². The third-order valence-corrected chi connectivity index (χ3v) is 3.33. The van der Waals surface area contributed by atoms with Crippen LogP contribution in [0.5, 0.6) is 0 Å². The maximum Gasteiger partial charge on any atom is 0.265 e. The summed E-state index contributed by atoms with van der Waals surface area (Å²) in [6.45, 7) is 0. The molecule has 0 bridgehead atoms. The van der Waals surface area contributed by atoms with Crippen molar-refractivity contribution >= 4 is 15.7 Å². The number of nitrogens with zero attached hydrogens (tertiary/aromatic N) is 1. The molecule has 0 aliphatic rings. The SMILES string of the molecule is O=S(=O)(Nc1cn[nH]c1)c1cc(F)ccc1F. The summed E-state index contributed by atoms with van der Waals surface area (Å²) < 4.78 is 51.6. The highest BCUT2D eigenvalue weighted by Gasteiger charge is 2.20. The Hall–Kier alpha value is -1.96. The molecule has 1 aromatic carbocycles. The van der Waals surface area contributed by atoms with E-state index in [-0.39, 0.29) is 5.69 Å². The minimum Gasteiger partial charge on any atom is -0.284 e. The summed E-state index contributed by atoms with van der Waals surface area (Å²) in [5.41, 5.74) is 0.133. The first-order valence-corrected chi connectivity index (χ1v) is 5.94. The maximum absolute atomic E-state index is 13.3. The number of aromatic nitrogens is 2. The van der Waals surface area contributed by atoms with Crippen LogP contribution >= 0.6 is 0 Å². The van der Waals surface area contributed by atoms with Gasteiger partial charge >= 0.3 is 0 Å². The van der Waals surface area contributed by atoms with Crippen molar-refractivity contribution in [1.82, 2.24) is 10.2 Å². The fourth-order valence-corrected chi connectivity index (χ4v) is 2.32. The van der Waals surface area contributed by atoms with Gasteiger partial charge in [-0.1, -0.05) is 0 Å². The molecule has 1 aromatic heterocycles. The van der Waals surface area contributed by atoms with Gasteiger partial charge < -0.3 is 0 Å². The lowest BCUT2D eigenvalue weighted by molar-refractivity contribution is 0.555.